The highest BCUT2D eigenvalue weighted by atomic mass is 16.5. The Hall–Kier alpha value is -2.02. The minimum Gasteiger partial charge on any atom is -0.475 e. The molecule has 6 heteroatoms. The molecule has 0 aliphatic carbocycles. The van der Waals surface area contributed by atoms with Gasteiger partial charge in [0.2, 0.25) is 5.88 Å². The first-order chi connectivity index (χ1) is 10.9. The maximum absolute atomic E-state index is 5.56. The molecule has 6 nitrogen and oxygen atoms in total. The predicted molar refractivity (Wildman–Crippen MR) is 83.7 cm³/mol. The summed E-state index contributed by atoms with van der Waals surface area (Å²) in [6, 6.07) is 11.7. The SMILES string of the molecule is NCCOCCOCCOc1cc(-c2ccccc2)ncn1. The van der Waals surface area contributed by atoms with Crippen molar-refractivity contribution in [1.29, 1.82) is 0 Å². The van der Waals surface area contributed by atoms with E-state index in [4.69, 9.17) is 19.9 Å². The molecule has 0 fully saturated rings. The minimum absolute atomic E-state index is 0.433. The van der Waals surface area contributed by atoms with Gasteiger partial charge in [-0.1, -0.05) is 30.3 Å². The van der Waals surface area contributed by atoms with E-state index >= 15 is 0 Å². The van der Waals surface area contributed by atoms with Gasteiger partial charge in [0.25, 0.3) is 0 Å². The van der Waals surface area contributed by atoms with Gasteiger partial charge in [-0.2, -0.15) is 0 Å². The van der Waals surface area contributed by atoms with Gasteiger partial charge < -0.3 is 19.9 Å². The summed E-state index contributed by atoms with van der Waals surface area (Å²) in [7, 11) is 0. The summed E-state index contributed by atoms with van der Waals surface area (Å²) in [6.45, 7) is 3.08. The number of rotatable bonds is 10. The Morgan fingerprint density at radius 3 is 2.36 bits per heavy atom. The Balaban J connectivity index is 1.70. The number of benzene rings is 1. The van der Waals surface area contributed by atoms with E-state index in [1.807, 2.05) is 36.4 Å². The van der Waals surface area contributed by atoms with E-state index in [1.54, 1.807) is 0 Å². The van der Waals surface area contributed by atoms with Crippen molar-refractivity contribution >= 4 is 0 Å². The molecule has 1 aromatic heterocycles. The molecule has 0 unspecified atom stereocenters. The lowest BCUT2D eigenvalue weighted by molar-refractivity contribution is 0.0382. The van der Waals surface area contributed by atoms with Crippen LogP contribution in [0.15, 0.2) is 42.7 Å². The Labute approximate surface area is 130 Å². The molecule has 2 N–H and O–H groups in total. The van der Waals surface area contributed by atoms with Crippen LogP contribution in [0.2, 0.25) is 0 Å². The summed E-state index contributed by atoms with van der Waals surface area (Å²) >= 11 is 0. The van der Waals surface area contributed by atoms with Crippen LogP contribution in [0.1, 0.15) is 0 Å². The second-order valence-corrected chi connectivity index (χ2v) is 4.47. The summed E-state index contributed by atoms with van der Waals surface area (Å²) in [5.41, 5.74) is 7.18. The maximum Gasteiger partial charge on any atom is 0.216 e. The molecule has 1 heterocycles. The van der Waals surface area contributed by atoms with E-state index in [0.717, 1.165) is 11.3 Å². The molecule has 0 atom stereocenters. The first-order valence-electron chi connectivity index (χ1n) is 7.26. The van der Waals surface area contributed by atoms with Crippen molar-refractivity contribution in [3.8, 4) is 17.1 Å². The van der Waals surface area contributed by atoms with Gasteiger partial charge >= 0.3 is 0 Å². The molecule has 0 aliphatic rings. The average Bonchev–Trinajstić information content (AvgIpc) is 2.58. The van der Waals surface area contributed by atoms with Crippen LogP contribution >= 0.6 is 0 Å². The van der Waals surface area contributed by atoms with Crippen molar-refractivity contribution in [2.24, 2.45) is 5.73 Å². The number of hydrogen-bond acceptors (Lipinski definition) is 6. The Kier molecular flexibility index (Phi) is 7.31. The molecule has 0 bridgehead atoms. The molecule has 2 rings (SSSR count). The molecule has 118 valence electrons. The van der Waals surface area contributed by atoms with Crippen LogP contribution in [-0.2, 0) is 9.47 Å². The van der Waals surface area contributed by atoms with E-state index in [1.165, 1.54) is 6.33 Å². The van der Waals surface area contributed by atoms with E-state index < -0.39 is 0 Å². The third-order valence-corrected chi connectivity index (χ3v) is 2.82. The molecule has 2 aromatic rings. The van der Waals surface area contributed by atoms with Gasteiger partial charge in [0, 0.05) is 18.2 Å². The van der Waals surface area contributed by atoms with Gasteiger partial charge in [0.15, 0.2) is 0 Å². The third kappa shape index (κ3) is 5.77. The topological polar surface area (TPSA) is 79.5 Å². The van der Waals surface area contributed by atoms with Crippen molar-refractivity contribution in [2.75, 3.05) is 39.6 Å². The molecule has 0 saturated carbocycles. The van der Waals surface area contributed by atoms with Crippen molar-refractivity contribution < 1.29 is 14.2 Å². The van der Waals surface area contributed by atoms with Crippen LogP contribution in [0.25, 0.3) is 11.3 Å². The Morgan fingerprint density at radius 2 is 1.59 bits per heavy atom. The molecule has 0 aliphatic heterocycles. The van der Waals surface area contributed by atoms with E-state index in [9.17, 15) is 0 Å². The van der Waals surface area contributed by atoms with Crippen molar-refractivity contribution in [1.82, 2.24) is 9.97 Å². The maximum atomic E-state index is 5.56. The fourth-order valence-corrected chi connectivity index (χ4v) is 1.80. The van der Waals surface area contributed by atoms with Gasteiger partial charge in [-0.3, -0.25) is 0 Å². The largest absolute Gasteiger partial charge is 0.475 e. The zero-order valence-corrected chi connectivity index (χ0v) is 12.5. The molecule has 22 heavy (non-hydrogen) atoms. The fraction of sp³-hybridized carbons (Fsp3) is 0.375. The smallest absolute Gasteiger partial charge is 0.216 e. The molecular weight excluding hydrogens is 282 g/mol. The number of nitrogens with two attached hydrogens (primary N) is 1. The Bertz CT molecular complexity index is 537. The van der Waals surface area contributed by atoms with E-state index in [0.29, 0.717) is 45.5 Å². The normalized spacial score (nSPS) is 10.6. The summed E-state index contributed by atoms with van der Waals surface area (Å²) in [6.07, 6.45) is 1.50. The monoisotopic (exact) mass is 303 g/mol. The molecule has 1 aromatic carbocycles. The molecular formula is C16H21N3O3. The highest BCUT2D eigenvalue weighted by molar-refractivity contribution is 5.59. The number of ether oxygens (including phenoxy) is 3. The summed E-state index contributed by atoms with van der Waals surface area (Å²) in [5, 5.41) is 0. The van der Waals surface area contributed by atoms with Crippen LogP contribution in [0.4, 0.5) is 0 Å². The molecule has 0 radical (unpaired) electrons. The third-order valence-electron chi connectivity index (χ3n) is 2.82. The lowest BCUT2D eigenvalue weighted by Gasteiger charge is -2.07. The second kappa shape index (κ2) is 9.83. The van der Waals surface area contributed by atoms with Gasteiger partial charge in [-0.15, -0.1) is 0 Å². The zero-order valence-electron chi connectivity index (χ0n) is 12.5. The molecule has 0 spiro atoms. The predicted octanol–water partition coefficient (Wildman–Crippen LogP) is 1.51. The van der Waals surface area contributed by atoms with Crippen LogP contribution in [0, 0.1) is 0 Å². The quantitative estimate of drug-likeness (QED) is 0.670. The van der Waals surface area contributed by atoms with Crippen molar-refractivity contribution in [3.63, 3.8) is 0 Å². The van der Waals surface area contributed by atoms with Gasteiger partial charge in [-0.25, -0.2) is 9.97 Å². The van der Waals surface area contributed by atoms with E-state index in [2.05, 4.69) is 9.97 Å². The summed E-state index contributed by atoms with van der Waals surface area (Å²) in [4.78, 5) is 8.34. The van der Waals surface area contributed by atoms with Crippen LogP contribution in [0.3, 0.4) is 0 Å². The highest BCUT2D eigenvalue weighted by Gasteiger charge is 2.02. The highest BCUT2D eigenvalue weighted by Crippen LogP contribution is 2.18. The number of nitrogens with zero attached hydrogens (tertiary/aromatic N) is 2. The average molecular weight is 303 g/mol. The van der Waals surface area contributed by atoms with E-state index in [-0.39, 0.29) is 0 Å². The van der Waals surface area contributed by atoms with Crippen LogP contribution in [0.5, 0.6) is 5.88 Å². The summed E-state index contributed by atoms with van der Waals surface area (Å²) in [5.74, 6) is 0.539. The summed E-state index contributed by atoms with van der Waals surface area (Å²) < 4.78 is 16.1. The van der Waals surface area contributed by atoms with Crippen LogP contribution < -0.4 is 10.5 Å². The van der Waals surface area contributed by atoms with Gasteiger partial charge in [0.1, 0.15) is 12.9 Å². The van der Waals surface area contributed by atoms with Crippen molar-refractivity contribution in [3.05, 3.63) is 42.7 Å². The fourth-order valence-electron chi connectivity index (χ4n) is 1.80. The minimum atomic E-state index is 0.433. The lowest BCUT2D eigenvalue weighted by Crippen LogP contribution is -2.14. The Morgan fingerprint density at radius 1 is 0.864 bits per heavy atom. The molecule has 0 saturated heterocycles. The zero-order chi connectivity index (χ0) is 15.5. The van der Waals surface area contributed by atoms with Crippen LogP contribution in [-0.4, -0.2) is 49.5 Å². The second-order valence-electron chi connectivity index (χ2n) is 4.47. The van der Waals surface area contributed by atoms with Gasteiger partial charge in [-0.05, 0) is 0 Å². The van der Waals surface area contributed by atoms with Gasteiger partial charge in [0.05, 0.1) is 32.1 Å². The first kappa shape index (κ1) is 16.4. The lowest BCUT2D eigenvalue weighted by atomic mass is 10.1. The van der Waals surface area contributed by atoms with Crippen molar-refractivity contribution in [2.45, 2.75) is 0 Å². The first-order valence-corrected chi connectivity index (χ1v) is 7.26. The standard InChI is InChI=1S/C16H21N3O3/c17-6-7-20-8-9-21-10-11-22-16-12-15(18-13-19-16)14-4-2-1-3-5-14/h1-5,12-13H,6-11,17H2. The molecule has 0 amide bonds. The number of aromatic nitrogens is 2. The number of hydrogen-bond donors (Lipinski definition) is 1.